The van der Waals surface area contributed by atoms with Gasteiger partial charge in [-0.25, -0.2) is 0 Å². The fourth-order valence-electron chi connectivity index (χ4n) is 1.65. The highest BCUT2D eigenvalue weighted by Gasteiger charge is 2.04. The van der Waals surface area contributed by atoms with Gasteiger partial charge in [0.25, 0.3) is 0 Å². The Morgan fingerprint density at radius 2 is 2.12 bits per heavy atom. The van der Waals surface area contributed by atoms with E-state index in [9.17, 15) is 0 Å². The molecule has 1 aromatic rings. The summed E-state index contributed by atoms with van der Waals surface area (Å²) in [5, 5.41) is 0. The number of hydrogen-bond acceptors (Lipinski definition) is 2. The molecular formula is C14H19NO. The molecule has 1 rings (SSSR count). The molecule has 0 amide bonds. The predicted octanol–water partition coefficient (Wildman–Crippen LogP) is 2.54. The van der Waals surface area contributed by atoms with Crippen molar-refractivity contribution in [2.45, 2.75) is 19.4 Å². The Labute approximate surface area is 98.2 Å². The highest BCUT2D eigenvalue weighted by Crippen LogP contribution is 2.18. The van der Waals surface area contributed by atoms with Crippen LogP contribution in [0.2, 0.25) is 0 Å². The van der Waals surface area contributed by atoms with Crippen LogP contribution in [0.15, 0.2) is 24.3 Å². The van der Waals surface area contributed by atoms with Crippen molar-refractivity contribution in [3.8, 4) is 18.1 Å². The SMILES string of the molecule is C#CCCCN(C)Cc1ccccc1OC. The zero-order valence-electron chi connectivity index (χ0n) is 10.1. The second-order valence-corrected chi connectivity index (χ2v) is 3.86. The largest absolute Gasteiger partial charge is 0.496 e. The Bertz CT molecular complexity index is 354. The van der Waals surface area contributed by atoms with Gasteiger partial charge in [0.2, 0.25) is 0 Å². The van der Waals surface area contributed by atoms with E-state index in [4.69, 9.17) is 11.2 Å². The third kappa shape index (κ3) is 3.96. The van der Waals surface area contributed by atoms with Crippen LogP contribution in [-0.2, 0) is 6.54 Å². The monoisotopic (exact) mass is 217 g/mol. The molecule has 2 nitrogen and oxygen atoms in total. The summed E-state index contributed by atoms with van der Waals surface area (Å²) in [6.07, 6.45) is 7.11. The molecule has 0 aliphatic heterocycles. The second kappa shape index (κ2) is 6.92. The molecule has 0 bridgehead atoms. The maximum atomic E-state index is 5.31. The van der Waals surface area contributed by atoms with Crippen LogP contribution in [0.3, 0.4) is 0 Å². The van der Waals surface area contributed by atoms with Crippen molar-refractivity contribution in [3.63, 3.8) is 0 Å². The summed E-state index contributed by atoms with van der Waals surface area (Å²) >= 11 is 0. The first-order valence-corrected chi connectivity index (χ1v) is 5.52. The average Bonchev–Trinajstić information content (AvgIpc) is 2.30. The zero-order valence-corrected chi connectivity index (χ0v) is 10.1. The Hall–Kier alpha value is -1.46. The lowest BCUT2D eigenvalue weighted by Gasteiger charge is -2.17. The van der Waals surface area contributed by atoms with Crippen molar-refractivity contribution in [1.82, 2.24) is 4.90 Å². The number of terminal acetylenes is 1. The van der Waals surface area contributed by atoms with Crippen LogP contribution in [0.4, 0.5) is 0 Å². The van der Waals surface area contributed by atoms with Crippen molar-refractivity contribution >= 4 is 0 Å². The molecule has 0 unspecified atom stereocenters. The molecule has 0 N–H and O–H groups in total. The van der Waals surface area contributed by atoms with E-state index in [0.29, 0.717) is 0 Å². The Kier molecular flexibility index (Phi) is 5.45. The third-order valence-electron chi connectivity index (χ3n) is 2.49. The highest BCUT2D eigenvalue weighted by molar-refractivity contribution is 5.32. The first-order chi connectivity index (χ1) is 7.77. The van der Waals surface area contributed by atoms with Crippen LogP contribution in [0.25, 0.3) is 0 Å². The van der Waals surface area contributed by atoms with E-state index in [0.717, 1.165) is 31.7 Å². The first kappa shape index (κ1) is 12.6. The summed E-state index contributed by atoms with van der Waals surface area (Å²) in [5.41, 5.74) is 1.22. The van der Waals surface area contributed by atoms with Gasteiger partial charge in [-0.05, 0) is 26.1 Å². The molecule has 0 radical (unpaired) electrons. The van der Waals surface area contributed by atoms with Crippen molar-refractivity contribution < 1.29 is 4.74 Å². The van der Waals surface area contributed by atoms with E-state index in [1.165, 1.54) is 5.56 Å². The van der Waals surface area contributed by atoms with Gasteiger partial charge in [-0.2, -0.15) is 0 Å². The highest BCUT2D eigenvalue weighted by atomic mass is 16.5. The predicted molar refractivity (Wildman–Crippen MR) is 67.4 cm³/mol. The summed E-state index contributed by atoms with van der Waals surface area (Å²) in [6, 6.07) is 8.11. The van der Waals surface area contributed by atoms with Crippen LogP contribution in [0.1, 0.15) is 18.4 Å². The number of para-hydroxylation sites is 1. The molecule has 0 atom stereocenters. The van der Waals surface area contributed by atoms with Crippen molar-refractivity contribution in [3.05, 3.63) is 29.8 Å². The van der Waals surface area contributed by atoms with E-state index in [1.807, 2.05) is 18.2 Å². The van der Waals surface area contributed by atoms with E-state index in [2.05, 4.69) is 23.9 Å². The maximum absolute atomic E-state index is 5.31. The number of unbranched alkanes of at least 4 members (excludes halogenated alkanes) is 1. The van der Waals surface area contributed by atoms with Crippen molar-refractivity contribution in [2.24, 2.45) is 0 Å². The van der Waals surface area contributed by atoms with Gasteiger partial charge in [0.1, 0.15) is 5.75 Å². The molecular weight excluding hydrogens is 198 g/mol. The molecule has 86 valence electrons. The number of nitrogens with zero attached hydrogens (tertiary/aromatic N) is 1. The molecule has 0 aromatic heterocycles. The van der Waals surface area contributed by atoms with E-state index in [-0.39, 0.29) is 0 Å². The lowest BCUT2D eigenvalue weighted by Crippen LogP contribution is -2.19. The quantitative estimate of drug-likeness (QED) is 0.536. The molecule has 0 saturated carbocycles. The number of methoxy groups -OCH3 is 1. The summed E-state index contributed by atoms with van der Waals surface area (Å²) in [6.45, 7) is 1.91. The molecule has 2 heteroatoms. The Morgan fingerprint density at radius 1 is 1.38 bits per heavy atom. The molecule has 0 spiro atoms. The van der Waals surface area contributed by atoms with Gasteiger partial charge in [-0.1, -0.05) is 18.2 Å². The lowest BCUT2D eigenvalue weighted by atomic mass is 10.2. The lowest BCUT2D eigenvalue weighted by molar-refractivity contribution is 0.314. The van der Waals surface area contributed by atoms with Crippen molar-refractivity contribution in [1.29, 1.82) is 0 Å². The normalized spacial score (nSPS) is 10.1. The smallest absolute Gasteiger partial charge is 0.123 e. The minimum Gasteiger partial charge on any atom is -0.496 e. The summed E-state index contributed by atoms with van der Waals surface area (Å²) in [5.74, 6) is 3.61. The molecule has 0 heterocycles. The third-order valence-corrected chi connectivity index (χ3v) is 2.49. The van der Waals surface area contributed by atoms with Crippen LogP contribution < -0.4 is 4.74 Å². The summed E-state index contributed by atoms with van der Waals surface area (Å²) in [4.78, 5) is 2.26. The summed E-state index contributed by atoms with van der Waals surface area (Å²) in [7, 11) is 3.81. The van der Waals surface area contributed by atoms with Crippen LogP contribution >= 0.6 is 0 Å². The molecule has 0 aliphatic carbocycles. The average molecular weight is 217 g/mol. The number of hydrogen-bond donors (Lipinski definition) is 0. The van der Waals surface area contributed by atoms with Gasteiger partial charge in [0.15, 0.2) is 0 Å². The molecule has 16 heavy (non-hydrogen) atoms. The fourth-order valence-corrected chi connectivity index (χ4v) is 1.65. The minimum absolute atomic E-state index is 0.844. The fraction of sp³-hybridized carbons (Fsp3) is 0.429. The topological polar surface area (TPSA) is 12.5 Å². The van der Waals surface area contributed by atoms with Crippen LogP contribution in [0, 0.1) is 12.3 Å². The first-order valence-electron chi connectivity index (χ1n) is 5.52. The zero-order chi connectivity index (χ0) is 11.8. The molecule has 0 fully saturated rings. The number of rotatable bonds is 6. The number of benzene rings is 1. The van der Waals surface area contributed by atoms with Gasteiger partial charge in [0, 0.05) is 18.5 Å². The Balaban J connectivity index is 2.49. The van der Waals surface area contributed by atoms with Gasteiger partial charge in [0.05, 0.1) is 7.11 Å². The van der Waals surface area contributed by atoms with Gasteiger partial charge >= 0.3 is 0 Å². The van der Waals surface area contributed by atoms with E-state index in [1.54, 1.807) is 7.11 Å². The van der Waals surface area contributed by atoms with Crippen molar-refractivity contribution in [2.75, 3.05) is 20.7 Å². The van der Waals surface area contributed by atoms with Gasteiger partial charge < -0.3 is 9.64 Å². The summed E-state index contributed by atoms with van der Waals surface area (Å²) < 4.78 is 5.31. The van der Waals surface area contributed by atoms with E-state index >= 15 is 0 Å². The number of ether oxygens (including phenoxy) is 1. The maximum Gasteiger partial charge on any atom is 0.123 e. The molecule has 0 aliphatic rings. The standard InChI is InChI=1S/C14H19NO/c1-4-5-8-11-15(2)12-13-9-6-7-10-14(13)16-3/h1,6-7,9-10H,5,8,11-12H2,2-3H3. The van der Waals surface area contributed by atoms with Gasteiger partial charge in [-0.15, -0.1) is 12.3 Å². The second-order valence-electron chi connectivity index (χ2n) is 3.86. The van der Waals surface area contributed by atoms with Gasteiger partial charge in [-0.3, -0.25) is 0 Å². The van der Waals surface area contributed by atoms with Crippen LogP contribution in [0.5, 0.6) is 5.75 Å². The van der Waals surface area contributed by atoms with E-state index < -0.39 is 0 Å². The molecule has 0 saturated heterocycles. The Morgan fingerprint density at radius 3 is 2.81 bits per heavy atom. The van der Waals surface area contributed by atoms with Crippen LogP contribution in [-0.4, -0.2) is 25.6 Å². The minimum atomic E-state index is 0.844. The molecule has 1 aromatic carbocycles.